The molecule has 5 heteroatoms. The van der Waals surface area contributed by atoms with Crippen LogP contribution in [0.1, 0.15) is 6.42 Å². The molecule has 1 aromatic heterocycles. The Hall–Kier alpha value is -1.80. The molecule has 3 rings (SSSR count). The van der Waals surface area contributed by atoms with Crippen molar-refractivity contribution >= 4 is 39.0 Å². The zero-order chi connectivity index (χ0) is 12.7. The van der Waals surface area contributed by atoms with Crippen LogP contribution in [0, 0.1) is 18.3 Å². The number of amides is 1. The molecule has 90 valence electrons. The number of halogens is 1. The topological polar surface area (TPSA) is 46.3 Å². The van der Waals surface area contributed by atoms with Crippen LogP contribution in [-0.4, -0.2) is 17.4 Å². The van der Waals surface area contributed by atoms with E-state index in [1.165, 1.54) is 4.90 Å². The zero-order valence-corrected chi connectivity index (χ0v) is 11.0. The third kappa shape index (κ3) is 1.79. The Labute approximate surface area is 112 Å². The SMILES string of the molecule is C#CC1CC(=O)N(c2nc3cc(Br)ccc3o2)C1. The molecule has 1 unspecified atom stereocenters. The van der Waals surface area contributed by atoms with Gasteiger partial charge in [-0.1, -0.05) is 15.9 Å². The molecule has 0 N–H and O–H groups in total. The fourth-order valence-corrected chi connectivity index (χ4v) is 2.36. The Morgan fingerprint density at radius 2 is 2.39 bits per heavy atom. The summed E-state index contributed by atoms with van der Waals surface area (Å²) in [7, 11) is 0. The number of hydrogen-bond acceptors (Lipinski definition) is 3. The summed E-state index contributed by atoms with van der Waals surface area (Å²) in [5.41, 5.74) is 1.38. The number of aromatic nitrogens is 1. The van der Waals surface area contributed by atoms with Gasteiger partial charge in [0, 0.05) is 23.4 Å². The first kappa shape index (κ1) is 11.3. The molecule has 0 aliphatic carbocycles. The van der Waals surface area contributed by atoms with Gasteiger partial charge >= 0.3 is 6.01 Å². The van der Waals surface area contributed by atoms with E-state index >= 15 is 0 Å². The molecule has 2 aromatic rings. The van der Waals surface area contributed by atoms with Crippen molar-refractivity contribution in [2.45, 2.75) is 6.42 Å². The van der Waals surface area contributed by atoms with Crippen LogP contribution in [0.4, 0.5) is 6.01 Å². The quantitative estimate of drug-likeness (QED) is 0.761. The second kappa shape index (κ2) is 4.14. The molecule has 1 fully saturated rings. The maximum Gasteiger partial charge on any atom is 0.305 e. The van der Waals surface area contributed by atoms with Gasteiger partial charge in [0.05, 0.1) is 0 Å². The second-order valence-corrected chi connectivity index (χ2v) is 5.10. The van der Waals surface area contributed by atoms with Crippen molar-refractivity contribution in [3.63, 3.8) is 0 Å². The first-order chi connectivity index (χ1) is 8.67. The molecule has 0 radical (unpaired) electrons. The van der Waals surface area contributed by atoms with Gasteiger partial charge in [0.25, 0.3) is 0 Å². The Balaban J connectivity index is 2.00. The number of benzene rings is 1. The monoisotopic (exact) mass is 304 g/mol. The van der Waals surface area contributed by atoms with Crippen molar-refractivity contribution in [1.82, 2.24) is 4.98 Å². The summed E-state index contributed by atoms with van der Waals surface area (Å²) in [5, 5.41) is 0. The van der Waals surface area contributed by atoms with Crippen LogP contribution in [0.25, 0.3) is 11.1 Å². The summed E-state index contributed by atoms with van der Waals surface area (Å²) >= 11 is 3.37. The van der Waals surface area contributed by atoms with E-state index in [2.05, 4.69) is 26.8 Å². The first-order valence-electron chi connectivity index (χ1n) is 5.50. The minimum Gasteiger partial charge on any atom is -0.423 e. The third-order valence-electron chi connectivity index (χ3n) is 2.93. The van der Waals surface area contributed by atoms with E-state index in [0.29, 0.717) is 24.6 Å². The van der Waals surface area contributed by atoms with Gasteiger partial charge in [0.2, 0.25) is 5.91 Å². The highest BCUT2D eigenvalue weighted by molar-refractivity contribution is 9.10. The minimum absolute atomic E-state index is 0.0384. The molecule has 18 heavy (non-hydrogen) atoms. The molecular weight excluding hydrogens is 296 g/mol. The van der Waals surface area contributed by atoms with Crippen molar-refractivity contribution in [2.24, 2.45) is 5.92 Å². The number of carbonyl (C=O) groups excluding carboxylic acids is 1. The Kier molecular flexibility index (Phi) is 2.60. The fourth-order valence-electron chi connectivity index (χ4n) is 2.01. The van der Waals surface area contributed by atoms with Gasteiger partial charge in [-0.2, -0.15) is 4.98 Å². The fraction of sp³-hybridized carbons (Fsp3) is 0.231. The van der Waals surface area contributed by atoms with Crippen molar-refractivity contribution < 1.29 is 9.21 Å². The number of nitrogens with zero attached hydrogens (tertiary/aromatic N) is 2. The summed E-state index contributed by atoms with van der Waals surface area (Å²) in [4.78, 5) is 17.6. The van der Waals surface area contributed by atoms with E-state index in [1.54, 1.807) is 0 Å². The van der Waals surface area contributed by atoms with Crippen molar-refractivity contribution in [3.05, 3.63) is 22.7 Å². The lowest BCUT2D eigenvalue weighted by molar-refractivity contribution is -0.117. The van der Waals surface area contributed by atoms with Gasteiger partial charge in [-0.05, 0) is 18.2 Å². The van der Waals surface area contributed by atoms with Crippen LogP contribution in [0.3, 0.4) is 0 Å². The van der Waals surface area contributed by atoms with Crippen LogP contribution >= 0.6 is 15.9 Å². The van der Waals surface area contributed by atoms with Gasteiger partial charge in [0.1, 0.15) is 5.52 Å². The molecular formula is C13H9BrN2O2. The lowest BCUT2D eigenvalue weighted by Crippen LogP contribution is -2.24. The lowest BCUT2D eigenvalue weighted by atomic mass is 10.1. The molecule has 1 aliphatic rings. The summed E-state index contributed by atoms with van der Waals surface area (Å²) in [6, 6.07) is 5.86. The van der Waals surface area contributed by atoms with E-state index in [4.69, 9.17) is 10.8 Å². The van der Waals surface area contributed by atoms with Crippen LogP contribution in [0.2, 0.25) is 0 Å². The lowest BCUT2D eigenvalue weighted by Gasteiger charge is -2.09. The number of fused-ring (bicyclic) bond motifs is 1. The average molecular weight is 305 g/mol. The summed E-state index contributed by atoms with van der Waals surface area (Å²) in [6.45, 7) is 0.476. The van der Waals surface area contributed by atoms with Crippen LogP contribution in [0.5, 0.6) is 0 Å². The Morgan fingerprint density at radius 3 is 3.11 bits per heavy atom. The van der Waals surface area contributed by atoms with Crippen molar-refractivity contribution in [3.8, 4) is 12.3 Å². The average Bonchev–Trinajstić information content (AvgIpc) is 2.91. The van der Waals surface area contributed by atoms with Crippen LogP contribution in [-0.2, 0) is 4.79 Å². The number of hydrogen-bond donors (Lipinski definition) is 0. The molecule has 0 saturated carbocycles. The van der Waals surface area contributed by atoms with E-state index < -0.39 is 0 Å². The van der Waals surface area contributed by atoms with Crippen molar-refractivity contribution in [2.75, 3.05) is 11.4 Å². The summed E-state index contributed by atoms with van der Waals surface area (Å²) in [5.74, 6) is 2.50. The second-order valence-electron chi connectivity index (χ2n) is 4.18. The molecule has 1 aliphatic heterocycles. The zero-order valence-electron chi connectivity index (χ0n) is 9.39. The van der Waals surface area contributed by atoms with Crippen molar-refractivity contribution in [1.29, 1.82) is 0 Å². The largest absolute Gasteiger partial charge is 0.423 e. The van der Waals surface area contributed by atoms with E-state index in [1.807, 2.05) is 18.2 Å². The summed E-state index contributed by atoms with van der Waals surface area (Å²) in [6.07, 6.45) is 5.71. The molecule has 0 bridgehead atoms. The number of anilines is 1. The highest BCUT2D eigenvalue weighted by atomic mass is 79.9. The Morgan fingerprint density at radius 1 is 1.56 bits per heavy atom. The third-order valence-corrected chi connectivity index (χ3v) is 3.42. The predicted octanol–water partition coefficient (Wildman–Crippen LogP) is 2.58. The number of oxazole rings is 1. The molecule has 1 amide bonds. The van der Waals surface area contributed by atoms with E-state index in [0.717, 1.165) is 9.99 Å². The van der Waals surface area contributed by atoms with Gasteiger partial charge in [0.15, 0.2) is 5.58 Å². The molecule has 4 nitrogen and oxygen atoms in total. The van der Waals surface area contributed by atoms with Crippen LogP contribution < -0.4 is 4.90 Å². The number of rotatable bonds is 1. The standard InChI is InChI=1S/C13H9BrN2O2/c1-2-8-5-12(17)16(7-8)13-15-10-6-9(14)3-4-11(10)18-13/h1,3-4,6,8H,5,7H2. The molecule has 1 atom stereocenters. The van der Waals surface area contributed by atoms with Gasteiger partial charge in [-0.3, -0.25) is 9.69 Å². The smallest absolute Gasteiger partial charge is 0.305 e. The minimum atomic E-state index is -0.0563. The maximum atomic E-state index is 11.8. The summed E-state index contributed by atoms with van der Waals surface area (Å²) < 4.78 is 6.50. The highest BCUT2D eigenvalue weighted by Crippen LogP contribution is 2.28. The molecule has 1 aromatic carbocycles. The number of terminal acetylenes is 1. The first-order valence-corrected chi connectivity index (χ1v) is 6.29. The Bertz CT molecular complexity index is 671. The molecule has 2 heterocycles. The molecule has 0 spiro atoms. The van der Waals surface area contributed by atoms with Gasteiger partial charge < -0.3 is 4.42 Å². The maximum absolute atomic E-state index is 11.8. The van der Waals surface area contributed by atoms with E-state index in [-0.39, 0.29) is 11.8 Å². The molecule has 1 saturated heterocycles. The van der Waals surface area contributed by atoms with E-state index in [9.17, 15) is 4.79 Å². The number of carbonyl (C=O) groups is 1. The van der Waals surface area contributed by atoms with Crippen LogP contribution in [0.15, 0.2) is 27.1 Å². The van der Waals surface area contributed by atoms with Gasteiger partial charge in [-0.15, -0.1) is 12.3 Å². The van der Waals surface area contributed by atoms with Gasteiger partial charge in [-0.25, -0.2) is 0 Å². The highest BCUT2D eigenvalue weighted by Gasteiger charge is 2.32. The normalized spacial score (nSPS) is 19.4. The predicted molar refractivity (Wildman–Crippen MR) is 71.0 cm³/mol.